The number of hydrogen-bond acceptors (Lipinski definition) is 2. The van der Waals surface area contributed by atoms with E-state index in [9.17, 15) is 9.90 Å². The molecule has 2 nitrogen and oxygen atoms in total. The maximum atomic E-state index is 11.7. The van der Waals surface area contributed by atoms with E-state index in [4.69, 9.17) is 0 Å². The zero-order valence-electron chi connectivity index (χ0n) is 10.7. The Labute approximate surface area is 107 Å². The maximum Gasteiger partial charge on any atom is 0.137 e. The Bertz CT molecular complexity index is 542. The van der Waals surface area contributed by atoms with E-state index in [1.54, 1.807) is 6.07 Å². The van der Waals surface area contributed by atoms with Crippen LogP contribution < -0.4 is 0 Å². The van der Waals surface area contributed by atoms with Crippen molar-refractivity contribution in [2.45, 2.75) is 44.4 Å². The molecule has 0 amide bonds. The second-order valence-electron chi connectivity index (χ2n) is 5.43. The van der Waals surface area contributed by atoms with Gasteiger partial charge in [0.25, 0.3) is 0 Å². The van der Waals surface area contributed by atoms with Crippen LogP contribution >= 0.6 is 0 Å². The van der Waals surface area contributed by atoms with Crippen LogP contribution in [-0.4, -0.2) is 10.9 Å². The Morgan fingerprint density at radius 2 is 2.22 bits per heavy atom. The van der Waals surface area contributed by atoms with E-state index in [0.29, 0.717) is 24.4 Å². The van der Waals surface area contributed by atoms with E-state index in [2.05, 4.69) is 19.1 Å². The largest absolute Gasteiger partial charge is 0.508 e. The van der Waals surface area contributed by atoms with Crippen molar-refractivity contribution in [3.05, 3.63) is 41.0 Å². The fraction of sp³-hybridized carbons (Fsp3) is 0.438. The number of Topliss-reactive ketones (excluding diaryl/α,β-unsaturated/α-hetero) is 1. The minimum atomic E-state index is 0.0508. The smallest absolute Gasteiger partial charge is 0.137 e. The van der Waals surface area contributed by atoms with Gasteiger partial charge in [0.05, 0.1) is 0 Å². The molecule has 2 aliphatic rings. The van der Waals surface area contributed by atoms with Gasteiger partial charge < -0.3 is 5.11 Å². The SMILES string of the molecule is CCC12CCC(=O)CC1=CCc1cc(O)ccc12. The van der Waals surface area contributed by atoms with Crippen LogP contribution in [0.25, 0.3) is 0 Å². The van der Waals surface area contributed by atoms with E-state index in [1.807, 2.05) is 6.07 Å². The first-order valence-corrected chi connectivity index (χ1v) is 6.69. The third kappa shape index (κ3) is 1.52. The Morgan fingerprint density at radius 3 is 3.00 bits per heavy atom. The van der Waals surface area contributed by atoms with Crippen molar-refractivity contribution in [1.82, 2.24) is 0 Å². The monoisotopic (exact) mass is 242 g/mol. The van der Waals surface area contributed by atoms with Crippen molar-refractivity contribution in [2.75, 3.05) is 0 Å². The summed E-state index contributed by atoms with van der Waals surface area (Å²) in [5, 5.41) is 9.61. The minimum Gasteiger partial charge on any atom is -0.508 e. The van der Waals surface area contributed by atoms with E-state index in [1.165, 1.54) is 16.7 Å². The Morgan fingerprint density at radius 1 is 1.39 bits per heavy atom. The average molecular weight is 242 g/mol. The molecular formula is C16H18O2. The third-order valence-electron chi connectivity index (χ3n) is 4.61. The number of allylic oxidation sites excluding steroid dienone is 2. The van der Waals surface area contributed by atoms with Gasteiger partial charge in [0.15, 0.2) is 0 Å². The van der Waals surface area contributed by atoms with Crippen molar-refractivity contribution >= 4 is 5.78 Å². The first-order chi connectivity index (χ1) is 8.65. The van der Waals surface area contributed by atoms with Crippen LogP contribution in [-0.2, 0) is 16.6 Å². The lowest BCUT2D eigenvalue weighted by Gasteiger charge is -2.43. The van der Waals surface area contributed by atoms with Crippen LogP contribution in [0.4, 0.5) is 0 Å². The van der Waals surface area contributed by atoms with E-state index in [0.717, 1.165) is 19.3 Å². The molecule has 0 heterocycles. The zero-order valence-corrected chi connectivity index (χ0v) is 10.7. The van der Waals surface area contributed by atoms with Gasteiger partial charge in [0, 0.05) is 18.3 Å². The summed E-state index contributed by atoms with van der Waals surface area (Å²) in [6.45, 7) is 2.20. The van der Waals surface area contributed by atoms with Gasteiger partial charge in [0.2, 0.25) is 0 Å². The number of aromatic hydroxyl groups is 1. The molecule has 0 bridgehead atoms. The third-order valence-corrected chi connectivity index (χ3v) is 4.61. The Balaban J connectivity index is 2.15. The quantitative estimate of drug-likeness (QED) is 0.767. The normalized spacial score (nSPS) is 26.3. The number of phenols is 1. The number of ketones is 1. The molecular weight excluding hydrogens is 224 g/mol. The lowest BCUT2D eigenvalue weighted by atomic mass is 9.60. The van der Waals surface area contributed by atoms with Crippen LogP contribution in [0.1, 0.15) is 43.7 Å². The van der Waals surface area contributed by atoms with Gasteiger partial charge in [0.1, 0.15) is 11.5 Å². The molecule has 18 heavy (non-hydrogen) atoms. The van der Waals surface area contributed by atoms with Crippen molar-refractivity contribution in [1.29, 1.82) is 0 Å². The van der Waals surface area contributed by atoms with Crippen LogP contribution in [0.2, 0.25) is 0 Å². The summed E-state index contributed by atoms with van der Waals surface area (Å²) < 4.78 is 0. The van der Waals surface area contributed by atoms with Crippen molar-refractivity contribution in [2.24, 2.45) is 0 Å². The van der Waals surface area contributed by atoms with Gasteiger partial charge in [-0.25, -0.2) is 0 Å². The van der Waals surface area contributed by atoms with Gasteiger partial charge in [-0.1, -0.05) is 24.6 Å². The molecule has 1 saturated carbocycles. The topological polar surface area (TPSA) is 37.3 Å². The lowest BCUT2D eigenvalue weighted by molar-refractivity contribution is -0.119. The number of carbonyl (C=O) groups is 1. The number of benzene rings is 1. The summed E-state index contributed by atoms with van der Waals surface area (Å²) in [4.78, 5) is 11.7. The van der Waals surface area contributed by atoms with Gasteiger partial charge in [-0.2, -0.15) is 0 Å². The zero-order chi connectivity index (χ0) is 12.8. The van der Waals surface area contributed by atoms with E-state index in [-0.39, 0.29) is 5.41 Å². The number of phenolic OH excluding ortho intramolecular Hbond substituents is 1. The molecule has 2 heteroatoms. The molecule has 1 fully saturated rings. The highest BCUT2D eigenvalue weighted by atomic mass is 16.3. The average Bonchev–Trinajstić information content (AvgIpc) is 2.38. The van der Waals surface area contributed by atoms with Gasteiger partial charge in [-0.05, 0) is 42.5 Å². The van der Waals surface area contributed by atoms with Gasteiger partial charge in [-0.3, -0.25) is 4.79 Å². The molecule has 0 saturated heterocycles. The van der Waals surface area contributed by atoms with Crippen LogP contribution in [0.15, 0.2) is 29.8 Å². The van der Waals surface area contributed by atoms with Crippen molar-refractivity contribution in [3.63, 3.8) is 0 Å². The number of rotatable bonds is 1. The molecule has 1 unspecified atom stereocenters. The molecule has 0 aliphatic heterocycles. The molecule has 0 aromatic heterocycles. The summed E-state index contributed by atoms with van der Waals surface area (Å²) in [5.41, 5.74) is 3.90. The Hall–Kier alpha value is -1.57. The van der Waals surface area contributed by atoms with Crippen LogP contribution in [0.5, 0.6) is 5.75 Å². The molecule has 0 radical (unpaired) electrons. The first kappa shape index (κ1) is 11.5. The van der Waals surface area contributed by atoms with E-state index < -0.39 is 0 Å². The van der Waals surface area contributed by atoms with Gasteiger partial charge in [-0.15, -0.1) is 0 Å². The summed E-state index contributed by atoms with van der Waals surface area (Å²) in [6.07, 6.45) is 6.31. The standard InChI is InChI=1S/C16H18O2/c1-2-16-8-7-14(18)10-12(16)4-3-11-9-13(17)5-6-15(11)16/h4-6,9,17H,2-3,7-8,10H2,1H3. The minimum absolute atomic E-state index is 0.0508. The number of hydrogen-bond donors (Lipinski definition) is 1. The maximum absolute atomic E-state index is 11.7. The van der Waals surface area contributed by atoms with Crippen LogP contribution in [0, 0.1) is 0 Å². The molecule has 1 N–H and O–H groups in total. The molecule has 3 rings (SSSR count). The van der Waals surface area contributed by atoms with Crippen molar-refractivity contribution in [3.8, 4) is 5.75 Å². The second-order valence-corrected chi connectivity index (χ2v) is 5.43. The molecule has 1 aromatic carbocycles. The predicted octanol–water partition coefficient (Wildman–Crippen LogP) is 3.28. The Kier molecular flexibility index (Phi) is 2.54. The summed E-state index contributed by atoms with van der Waals surface area (Å²) in [7, 11) is 0. The molecule has 0 spiro atoms. The molecule has 1 aromatic rings. The highest BCUT2D eigenvalue weighted by molar-refractivity contribution is 5.83. The van der Waals surface area contributed by atoms with Crippen molar-refractivity contribution < 1.29 is 9.90 Å². The molecule has 2 aliphatic carbocycles. The summed E-state index contributed by atoms with van der Waals surface area (Å²) in [5.74, 6) is 0.705. The molecule has 1 atom stereocenters. The number of fused-ring (bicyclic) bond motifs is 3. The van der Waals surface area contributed by atoms with Gasteiger partial charge >= 0.3 is 0 Å². The fourth-order valence-corrected chi connectivity index (χ4v) is 3.60. The highest BCUT2D eigenvalue weighted by Gasteiger charge is 2.41. The second kappa shape index (κ2) is 3.98. The lowest BCUT2D eigenvalue weighted by Crippen LogP contribution is -2.36. The highest BCUT2D eigenvalue weighted by Crippen LogP contribution is 2.49. The number of carbonyl (C=O) groups excluding carboxylic acids is 1. The summed E-state index contributed by atoms with van der Waals surface area (Å²) in [6, 6.07) is 5.70. The fourth-order valence-electron chi connectivity index (χ4n) is 3.60. The first-order valence-electron chi connectivity index (χ1n) is 6.69. The van der Waals surface area contributed by atoms with E-state index >= 15 is 0 Å². The molecule has 94 valence electrons. The summed E-state index contributed by atoms with van der Waals surface area (Å²) >= 11 is 0. The van der Waals surface area contributed by atoms with Crippen LogP contribution in [0.3, 0.4) is 0 Å². The predicted molar refractivity (Wildman–Crippen MR) is 70.7 cm³/mol.